The SMILES string of the molecule is Cc1cccc(C(=O)N(C2CC(=O)N(c3ccc(-c4nc5ccccc5o4)cc3)C2=O)C(C)c2ccccc2)c1. The average Bonchev–Trinajstić information content (AvgIpc) is 3.54. The van der Waals surface area contributed by atoms with Crippen molar-refractivity contribution in [2.45, 2.75) is 32.4 Å². The number of carbonyl (C=O) groups excluding carboxylic acids is 3. The number of hydrogen-bond acceptors (Lipinski definition) is 5. The summed E-state index contributed by atoms with van der Waals surface area (Å²) < 4.78 is 5.85. The first-order valence-corrected chi connectivity index (χ1v) is 13.2. The van der Waals surface area contributed by atoms with E-state index in [1.54, 1.807) is 41.3 Å². The van der Waals surface area contributed by atoms with Gasteiger partial charge in [0.05, 0.1) is 18.2 Å². The Hall–Kier alpha value is -5.04. The molecule has 6 rings (SSSR count). The number of nitrogens with zero attached hydrogens (tertiary/aromatic N) is 3. The van der Waals surface area contributed by atoms with E-state index in [9.17, 15) is 14.4 Å². The molecule has 1 saturated heterocycles. The second-order valence-electron chi connectivity index (χ2n) is 9.99. The molecule has 0 radical (unpaired) electrons. The first kappa shape index (κ1) is 25.2. The highest BCUT2D eigenvalue weighted by Gasteiger charge is 2.46. The van der Waals surface area contributed by atoms with Crippen LogP contribution >= 0.6 is 0 Å². The van der Waals surface area contributed by atoms with E-state index in [0.717, 1.165) is 22.2 Å². The number of hydrogen-bond donors (Lipinski definition) is 0. The van der Waals surface area contributed by atoms with E-state index in [1.807, 2.05) is 80.6 Å². The van der Waals surface area contributed by atoms with Gasteiger partial charge in [-0.2, -0.15) is 0 Å². The number of aryl methyl sites for hydroxylation is 1. The quantitative estimate of drug-likeness (QED) is 0.240. The Labute approximate surface area is 231 Å². The molecule has 3 amide bonds. The number of amides is 3. The van der Waals surface area contributed by atoms with E-state index >= 15 is 0 Å². The molecule has 4 aromatic carbocycles. The summed E-state index contributed by atoms with van der Waals surface area (Å²) in [6.45, 7) is 3.80. The van der Waals surface area contributed by atoms with Gasteiger partial charge in [0.2, 0.25) is 11.8 Å². The van der Waals surface area contributed by atoms with Crippen molar-refractivity contribution in [2.24, 2.45) is 0 Å². The van der Waals surface area contributed by atoms with Crippen LogP contribution in [0.5, 0.6) is 0 Å². The molecule has 5 aromatic rings. The van der Waals surface area contributed by atoms with Crippen LogP contribution in [0.2, 0.25) is 0 Å². The van der Waals surface area contributed by atoms with Gasteiger partial charge in [0.1, 0.15) is 11.6 Å². The third-order valence-electron chi connectivity index (χ3n) is 7.32. The van der Waals surface area contributed by atoms with Crippen LogP contribution < -0.4 is 4.90 Å². The van der Waals surface area contributed by atoms with E-state index in [0.29, 0.717) is 22.7 Å². The smallest absolute Gasteiger partial charge is 0.257 e. The topological polar surface area (TPSA) is 83.7 Å². The van der Waals surface area contributed by atoms with Crippen molar-refractivity contribution < 1.29 is 18.8 Å². The number of fused-ring (bicyclic) bond motifs is 1. The lowest BCUT2D eigenvalue weighted by molar-refractivity contribution is -0.122. The fourth-order valence-corrected chi connectivity index (χ4v) is 5.26. The van der Waals surface area contributed by atoms with Crippen molar-refractivity contribution >= 4 is 34.5 Å². The molecule has 1 aliphatic rings. The Balaban J connectivity index is 1.32. The van der Waals surface area contributed by atoms with E-state index in [4.69, 9.17) is 4.42 Å². The van der Waals surface area contributed by atoms with Crippen molar-refractivity contribution in [3.8, 4) is 11.5 Å². The molecule has 1 aliphatic heterocycles. The minimum absolute atomic E-state index is 0.0968. The number of carbonyl (C=O) groups is 3. The maximum atomic E-state index is 13.9. The summed E-state index contributed by atoms with van der Waals surface area (Å²) in [6, 6.07) is 29.9. The third-order valence-corrected chi connectivity index (χ3v) is 7.32. The van der Waals surface area contributed by atoms with Crippen LogP contribution in [0, 0.1) is 6.92 Å². The highest BCUT2D eigenvalue weighted by molar-refractivity contribution is 6.23. The highest BCUT2D eigenvalue weighted by Crippen LogP contribution is 2.34. The van der Waals surface area contributed by atoms with Gasteiger partial charge in [-0.1, -0.05) is 60.2 Å². The molecule has 2 heterocycles. The maximum Gasteiger partial charge on any atom is 0.257 e. The number of aromatic nitrogens is 1. The first-order valence-electron chi connectivity index (χ1n) is 13.2. The Morgan fingerprint density at radius 1 is 0.925 bits per heavy atom. The van der Waals surface area contributed by atoms with Crippen molar-refractivity contribution in [2.75, 3.05) is 4.90 Å². The Bertz CT molecular complexity index is 1690. The van der Waals surface area contributed by atoms with Gasteiger partial charge in [-0.3, -0.25) is 14.4 Å². The van der Waals surface area contributed by atoms with Crippen molar-refractivity contribution in [3.05, 3.63) is 120 Å². The minimum Gasteiger partial charge on any atom is -0.436 e. The summed E-state index contributed by atoms with van der Waals surface area (Å²) in [4.78, 5) is 48.3. The predicted octanol–water partition coefficient (Wildman–Crippen LogP) is 6.34. The molecular formula is C33H27N3O4. The molecule has 0 spiro atoms. The fraction of sp³-hybridized carbons (Fsp3) is 0.152. The highest BCUT2D eigenvalue weighted by atomic mass is 16.3. The standard InChI is InChI=1S/C33H27N3O4/c1-21-9-8-12-25(19-21)32(38)35(22(2)23-10-4-3-5-11-23)28-20-30(37)36(33(28)39)26-17-15-24(16-18-26)31-34-27-13-6-7-14-29(27)40-31/h3-19,22,28H,20H2,1-2H3. The van der Waals surface area contributed by atoms with Crippen LogP contribution in [0.1, 0.15) is 40.9 Å². The zero-order valence-electron chi connectivity index (χ0n) is 22.2. The fourth-order valence-electron chi connectivity index (χ4n) is 5.26. The van der Waals surface area contributed by atoms with E-state index < -0.39 is 18.0 Å². The zero-order chi connectivity index (χ0) is 27.8. The number of rotatable bonds is 6. The van der Waals surface area contributed by atoms with Crippen LogP contribution in [-0.2, 0) is 9.59 Å². The summed E-state index contributed by atoms with van der Waals surface area (Å²) in [7, 11) is 0. The molecule has 7 heteroatoms. The Kier molecular flexibility index (Phi) is 6.48. The molecule has 1 aromatic heterocycles. The lowest BCUT2D eigenvalue weighted by Crippen LogP contribution is -2.46. The summed E-state index contributed by atoms with van der Waals surface area (Å²) in [6.07, 6.45) is -0.0968. The van der Waals surface area contributed by atoms with Crippen LogP contribution in [-0.4, -0.2) is 33.6 Å². The molecule has 2 unspecified atom stereocenters. The van der Waals surface area contributed by atoms with Gasteiger partial charge in [0.15, 0.2) is 5.58 Å². The third kappa shape index (κ3) is 4.56. The van der Waals surface area contributed by atoms with Gasteiger partial charge in [-0.05, 0) is 67.9 Å². The van der Waals surface area contributed by atoms with Crippen LogP contribution in [0.25, 0.3) is 22.6 Å². The molecule has 1 fully saturated rings. The van der Waals surface area contributed by atoms with Gasteiger partial charge in [0.25, 0.3) is 11.8 Å². The van der Waals surface area contributed by atoms with Crippen LogP contribution in [0.4, 0.5) is 5.69 Å². The summed E-state index contributed by atoms with van der Waals surface area (Å²) in [5, 5.41) is 0. The number of anilines is 1. The van der Waals surface area contributed by atoms with E-state index in [-0.39, 0.29) is 18.2 Å². The molecule has 2 atom stereocenters. The predicted molar refractivity (Wildman–Crippen MR) is 153 cm³/mol. The lowest BCUT2D eigenvalue weighted by atomic mass is 10.0. The number of benzene rings is 4. The van der Waals surface area contributed by atoms with Gasteiger partial charge in [0, 0.05) is 11.1 Å². The van der Waals surface area contributed by atoms with E-state index in [1.165, 1.54) is 4.90 Å². The average molecular weight is 530 g/mol. The van der Waals surface area contributed by atoms with Crippen LogP contribution in [0.15, 0.2) is 108 Å². The zero-order valence-corrected chi connectivity index (χ0v) is 22.2. The second-order valence-corrected chi connectivity index (χ2v) is 9.99. The summed E-state index contributed by atoms with van der Waals surface area (Å²) in [5.41, 5.74) is 4.89. The monoisotopic (exact) mass is 529 g/mol. The summed E-state index contributed by atoms with van der Waals surface area (Å²) >= 11 is 0. The normalized spacial score (nSPS) is 15.9. The van der Waals surface area contributed by atoms with Gasteiger partial charge in [-0.15, -0.1) is 0 Å². The number of imide groups is 1. The number of oxazole rings is 1. The summed E-state index contributed by atoms with van der Waals surface area (Å²) in [5.74, 6) is -0.619. The molecule has 0 bridgehead atoms. The van der Waals surface area contributed by atoms with Crippen LogP contribution in [0.3, 0.4) is 0 Å². The van der Waals surface area contributed by atoms with Gasteiger partial charge in [-0.25, -0.2) is 9.88 Å². The first-order chi connectivity index (χ1) is 19.4. The van der Waals surface area contributed by atoms with Gasteiger partial charge < -0.3 is 9.32 Å². The molecule has 40 heavy (non-hydrogen) atoms. The molecule has 0 N–H and O–H groups in total. The van der Waals surface area contributed by atoms with E-state index in [2.05, 4.69) is 4.98 Å². The molecule has 0 aliphatic carbocycles. The van der Waals surface area contributed by atoms with Crippen molar-refractivity contribution in [1.29, 1.82) is 0 Å². The largest absolute Gasteiger partial charge is 0.436 e. The minimum atomic E-state index is -0.938. The molecule has 0 saturated carbocycles. The Morgan fingerprint density at radius 2 is 1.65 bits per heavy atom. The lowest BCUT2D eigenvalue weighted by Gasteiger charge is -2.33. The molecular weight excluding hydrogens is 502 g/mol. The second kappa shape index (κ2) is 10.3. The molecule has 7 nitrogen and oxygen atoms in total. The van der Waals surface area contributed by atoms with Gasteiger partial charge >= 0.3 is 0 Å². The molecule has 198 valence electrons. The van der Waals surface area contributed by atoms with Crippen molar-refractivity contribution in [3.63, 3.8) is 0 Å². The number of para-hydroxylation sites is 2. The van der Waals surface area contributed by atoms with Crippen molar-refractivity contribution in [1.82, 2.24) is 9.88 Å². The maximum absolute atomic E-state index is 13.9. The Morgan fingerprint density at radius 3 is 2.38 bits per heavy atom.